The Morgan fingerprint density at radius 2 is 1.64 bits per heavy atom. The summed E-state index contributed by atoms with van der Waals surface area (Å²) in [6, 6.07) is 7.32. The van der Waals surface area contributed by atoms with E-state index in [1.165, 1.54) is 0 Å². The fourth-order valence-corrected chi connectivity index (χ4v) is 1.58. The summed E-state index contributed by atoms with van der Waals surface area (Å²) in [6.07, 6.45) is 0.323. The molecular formula is C9H13NO3S. The second-order valence-electron chi connectivity index (χ2n) is 3.06. The lowest BCUT2D eigenvalue weighted by molar-refractivity contribution is 0.482. The average molecular weight is 215 g/mol. The summed E-state index contributed by atoms with van der Waals surface area (Å²) in [7, 11) is -3.86. The predicted molar refractivity (Wildman–Crippen MR) is 54.5 cm³/mol. The molecule has 1 aromatic rings. The quantitative estimate of drug-likeness (QED) is 0.720. The average Bonchev–Trinajstić information content (AvgIpc) is 2.14. The van der Waals surface area contributed by atoms with Crippen molar-refractivity contribution in [1.82, 2.24) is 0 Å². The largest absolute Gasteiger partial charge is 0.326 e. The highest BCUT2D eigenvalue weighted by molar-refractivity contribution is 7.85. The third kappa shape index (κ3) is 3.87. The van der Waals surface area contributed by atoms with E-state index < -0.39 is 10.1 Å². The topological polar surface area (TPSA) is 80.4 Å². The highest BCUT2D eigenvalue weighted by atomic mass is 32.2. The molecule has 0 aliphatic rings. The monoisotopic (exact) mass is 215 g/mol. The van der Waals surface area contributed by atoms with Gasteiger partial charge >= 0.3 is 0 Å². The summed E-state index contributed by atoms with van der Waals surface area (Å²) in [5, 5.41) is 0. The third-order valence-corrected chi connectivity index (χ3v) is 2.63. The molecule has 0 saturated heterocycles. The van der Waals surface area contributed by atoms with Crippen LogP contribution in [0.1, 0.15) is 11.1 Å². The standard InChI is InChI=1S/C9H13NO3S/c10-7-9-3-1-8(2-4-9)5-6-14(11,12)13/h1-4H,5-7,10H2,(H,11,12,13). The van der Waals surface area contributed by atoms with Crippen LogP contribution < -0.4 is 5.73 Å². The Morgan fingerprint density at radius 1 is 1.14 bits per heavy atom. The lowest BCUT2D eigenvalue weighted by Gasteiger charge is -2.01. The third-order valence-electron chi connectivity index (χ3n) is 1.91. The number of benzene rings is 1. The first kappa shape index (κ1) is 11.2. The summed E-state index contributed by atoms with van der Waals surface area (Å²) in [4.78, 5) is 0. The first-order valence-electron chi connectivity index (χ1n) is 4.24. The maximum absolute atomic E-state index is 10.5. The summed E-state index contributed by atoms with van der Waals surface area (Å²) in [5.74, 6) is -0.241. The molecule has 78 valence electrons. The van der Waals surface area contributed by atoms with Gasteiger partial charge in [-0.1, -0.05) is 24.3 Å². The van der Waals surface area contributed by atoms with E-state index in [-0.39, 0.29) is 5.75 Å². The minimum Gasteiger partial charge on any atom is -0.326 e. The van der Waals surface area contributed by atoms with Gasteiger partial charge in [0.1, 0.15) is 0 Å². The van der Waals surface area contributed by atoms with Gasteiger partial charge in [-0.2, -0.15) is 8.42 Å². The summed E-state index contributed by atoms with van der Waals surface area (Å²) in [6.45, 7) is 0.471. The molecule has 1 aromatic carbocycles. The second kappa shape index (κ2) is 4.54. The molecule has 4 nitrogen and oxygen atoms in total. The van der Waals surface area contributed by atoms with Crippen LogP contribution in [0.25, 0.3) is 0 Å². The normalized spacial score (nSPS) is 11.6. The van der Waals surface area contributed by atoms with Gasteiger partial charge in [-0.3, -0.25) is 4.55 Å². The zero-order chi connectivity index (χ0) is 10.6. The number of nitrogens with two attached hydrogens (primary N) is 1. The minimum absolute atomic E-state index is 0.241. The summed E-state index contributed by atoms with van der Waals surface area (Å²) < 4.78 is 29.5. The van der Waals surface area contributed by atoms with Crippen molar-refractivity contribution in [2.24, 2.45) is 5.73 Å². The van der Waals surface area contributed by atoms with Crippen molar-refractivity contribution in [2.45, 2.75) is 13.0 Å². The Bertz CT molecular complexity index is 383. The van der Waals surface area contributed by atoms with Gasteiger partial charge in [-0.05, 0) is 17.5 Å². The molecule has 0 aliphatic carbocycles. The van der Waals surface area contributed by atoms with Gasteiger partial charge < -0.3 is 5.73 Å². The molecule has 14 heavy (non-hydrogen) atoms. The fraction of sp³-hybridized carbons (Fsp3) is 0.333. The van der Waals surface area contributed by atoms with Crippen LogP contribution in [0, 0.1) is 0 Å². The first-order valence-corrected chi connectivity index (χ1v) is 5.85. The van der Waals surface area contributed by atoms with E-state index in [1.54, 1.807) is 0 Å². The second-order valence-corrected chi connectivity index (χ2v) is 4.63. The molecule has 3 N–H and O–H groups in total. The zero-order valence-electron chi connectivity index (χ0n) is 7.68. The first-order chi connectivity index (χ1) is 6.51. The Labute approximate surface area is 83.5 Å². The number of hydrogen-bond donors (Lipinski definition) is 2. The maximum Gasteiger partial charge on any atom is 0.265 e. The molecular weight excluding hydrogens is 202 g/mol. The Kier molecular flexibility index (Phi) is 3.62. The predicted octanol–water partition coefficient (Wildman–Crippen LogP) is 0.576. The van der Waals surface area contributed by atoms with Crippen LogP contribution in [0.2, 0.25) is 0 Å². The van der Waals surface area contributed by atoms with Crippen LogP contribution in [0.5, 0.6) is 0 Å². The molecule has 0 saturated carbocycles. The van der Waals surface area contributed by atoms with Crippen LogP contribution in [0.15, 0.2) is 24.3 Å². The molecule has 0 atom stereocenters. The van der Waals surface area contributed by atoms with Crippen LogP contribution >= 0.6 is 0 Å². The molecule has 0 bridgehead atoms. The van der Waals surface area contributed by atoms with Crippen molar-refractivity contribution in [2.75, 3.05) is 5.75 Å². The van der Waals surface area contributed by atoms with E-state index in [0.29, 0.717) is 13.0 Å². The smallest absolute Gasteiger partial charge is 0.265 e. The van der Waals surface area contributed by atoms with E-state index in [0.717, 1.165) is 11.1 Å². The van der Waals surface area contributed by atoms with Crippen molar-refractivity contribution in [3.8, 4) is 0 Å². The molecule has 0 heterocycles. The number of rotatable bonds is 4. The van der Waals surface area contributed by atoms with E-state index in [1.807, 2.05) is 24.3 Å². The molecule has 5 heteroatoms. The van der Waals surface area contributed by atoms with Gasteiger partial charge in [0.05, 0.1) is 5.75 Å². The van der Waals surface area contributed by atoms with E-state index in [2.05, 4.69) is 0 Å². The van der Waals surface area contributed by atoms with Gasteiger partial charge in [0, 0.05) is 6.54 Å². The van der Waals surface area contributed by atoms with Crippen LogP contribution in [0.4, 0.5) is 0 Å². The molecule has 0 unspecified atom stereocenters. The van der Waals surface area contributed by atoms with Gasteiger partial charge in [0.15, 0.2) is 0 Å². The maximum atomic E-state index is 10.5. The molecule has 0 aromatic heterocycles. The zero-order valence-corrected chi connectivity index (χ0v) is 8.50. The SMILES string of the molecule is NCc1ccc(CCS(=O)(=O)O)cc1. The minimum atomic E-state index is -3.86. The van der Waals surface area contributed by atoms with Crippen molar-refractivity contribution < 1.29 is 13.0 Å². The van der Waals surface area contributed by atoms with Gasteiger partial charge in [0.2, 0.25) is 0 Å². The molecule has 0 radical (unpaired) electrons. The van der Waals surface area contributed by atoms with Gasteiger partial charge in [-0.15, -0.1) is 0 Å². The van der Waals surface area contributed by atoms with E-state index >= 15 is 0 Å². The lowest BCUT2D eigenvalue weighted by atomic mass is 10.1. The van der Waals surface area contributed by atoms with Crippen molar-refractivity contribution >= 4 is 10.1 Å². The van der Waals surface area contributed by atoms with Crippen molar-refractivity contribution in [3.63, 3.8) is 0 Å². The van der Waals surface area contributed by atoms with Crippen molar-refractivity contribution in [1.29, 1.82) is 0 Å². The summed E-state index contributed by atoms with van der Waals surface area (Å²) in [5.41, 5.74) is 7.28. The molecule has 0 amide bonds. The molecule has 0 aliphatic heterocycles. The van der Waals surface area contributed by atoms with Crippen LogP contribution in [-0.4, -0.2) is 18.7 Å². The lowest BCUT2D eigenvalue weighted by Crippen LogP contribution is -2.06. The highest BCUT2D eigenvalue weighted by Gasteiger charge is 2.04. The van der Waals surface area contributed by atoms with Crippen molar-refractivity contribution in [3.05, 3.63) is 35.4 Å². The highest BCUT2D eigenvalue weighted by Crippen LogP contribution is 2.05. The number of hydrogen-bond acceptors (Lipinski definition) is 3. The Hall–Kier alpha value is -0.910. The summed E-state index contributed by atoms with van der Waals surface area (Å²) >= 11 is 0. The van der Waals surface area contributed by atoms with E-state index in [9.17, 15) is 8.42 Å². The van der Waals surface area contributed by atoms with Crippen LogP contribution in [-0.2, 0) is 23.1 Å². The fourth-order valence-electron chi connectivity index (χ4n) is 1.09. The Morgan fingerprint density at radius 3 is 2.07 bits per heavy atom. The molecule has 0 spiro atoms. The van der Waals surface area contributed by atoms with Crippen LogP contribution in [0.3, 0.4) is 0 Å². The Balaban J connectivity index is 2.61. The molecule has 1 rings (SSSR count). The number of aryl methyl sites for hydroxylation is 1. The van der Waals surface area contributed by atoms with Gasteiger partial charge in [-0.25, -0.2) is 0 Å². The van der Waals surface area contributed by atoms with E-state index in [4.69, 9.17) is 10.3 Å². The molecule has 0 fully saturated rings. The van der Waals surface area contributed by atoms with Gasteiger partial charge in [0.25, 0.3) is 10.1 Å².